The Bertz CT molecular complexity index is 469. The van der Waals surface area contributed by atoms with Crippen LogP contribution in [0, 0.1) is 21.3 Å². The van der Waals surface area contributed by atoms with Gasteiger partial charge >= 0.3 is 5.69 Å². The van der Waals surface area contributed by atoms with Crippen LogP contribution in [0.4, 0.5) is 10.1 Å². The SMILES string of the molecule is CCNC(CCc1cccc([N+](=O)[O-])c1F)C(C)(C)C. The molecule has 0 saturated carbocycles. The van der Waals surface area contributed by atoms with Crippen LogP contribution in [0.1, 0.15) is 39.7 Å². The van der Waals surface area contributed by atoms with Gasteiger partial charge < -0.3 is 5.32 Å². The highest BCUT2D eigenvalue weighted by molar-refractivity contribution is 5.36. The van der Waals surface area contributed by atoms with Crippen LogP contribution in [-0.4, -0.2) is 17.5 Å². The van der Waals surface area contributed by atoms with E-state index in [9.17, 15) is 14.5 Å². The highest BCUT2D eigenvalue weighted by atomic mass is 19.1. The van der Waals surface area contributed by atoms with E-state index in [0.29, 0.717) is 12.0 Å². The van der Waals surface area contributed by atoms with Crippen LogP contribution in [0.5, 0.6) is 0 Å². The summed E-state index contributed by atoms with van der Waals surface area (Å²) in [5.74, 6) is -0.707. The minimum atomic E-state index is -0.707. The van der Waals surface area contributed by atoms with E-state index in [-0.39, 0.29) is 11.5 Å². The molecule has 20 heavy (non-hydrogen) atoms. The molecule has 0 saturated heterocycles. The summed E-state index contributed by atoms with van der Waals surface area (Å²) in [5.41, 5.74) is 0.0253. The quantitative estimate of drug-likeness (QED) is 0.639. The monoisotopic (exact) mass is 282 g/mol. The third-order valence-electron chi connectivity index (χ3n) is 3.45. The maximum atomic E-state index is 14.0. The Morgan fingerprint density at radius 3 is 2.55 bits per heavy atom. The fourth-order valence-electron chi connectivity index (χ4n) is 2.29. The van der Waals surface area contributed by atoms with Crippen molar-refractivity contribution >= 4 is 5.69 Å². The summed E-state index contributed by atoms with van der Waals surface area (Å²) in [6, 6.07) is 4.60. The Morgan fingerprint density at radius 2 is 2.05 bits per heavy atom. The van der Waals surface area contributed by atoms with E-state index in [1.165, 1.54) is 12.1 Å². The van der Waals surface area contributed by atoms with Gasteiger partial charge in [-0.25, -0.2) is 0 Å². The van der Waals surface area contributed by atoms with Crippen LogP contribution < -0.4 is 5.32 Å². The van der Waals surface area contributed by atoms with Crippen LogP contribution in [-0.2, 0) is 6.42 Å². The number of nitrogens with zero attached hydrogens (tertiary/aromatic N) is 1. The lowest BCUT2D eigenvalue weighted by molar-refractivity contribution is -0.387. The van der Waals surface area contributed by atoms with E-state index in [0.717, 1.165) is 13.0 Å². The number of halogens is 1. The van der Waals surface area contributed by atoms with Crippen LogP contribution in [0.2, 0.25) is 0 Å². The molecule has 0 bridgehead atoms. The van der Waals surface area contributed by atoms with Crippen LogP contribution >= 0.6 is 0 Å². The number of nitro groups is 1. The van der Waals surface area contributed by atoms with Gasteiger partial charge in [0, 0.05) is 12.1 Å². The van der Waals surface area contributed by atoms with Crippen molar-refractivity contribution in [2.75, 3.05) is 6.54 Å². The molecule has 0 aliphatic heterocycles. The van der Waals surface area contributed by atoms with Crippen molar-refractivity contribution in [3.63, 3.8) is 0 Å². The number of hydrogen-bond donors (Lipinski definition) is 1. The number of nitro benzene ring substituents is 1. The third-order valence-corrected chi connectivity index (χ3v) is 3.45. The highest BCUT2D eigenvalue weighted by Gasteiger charge is 2.24. The predicted molar refractivity (Wildman–Crippen MR) is 78.3 cm³/mol. The predicted octanol–water partition coefficient (Wildman–Crippen LogP) is 3.69. The first-order chi connectivity index (χ1) is 9.27. The summed E-state index contributed by atoms with van der Waals surface area (Å²) in [7, 11) is 0. The molecule has 0 aliphatic rings. The lowest BCUT2D eigenvalue weighted by Gasteiger charge is -2.31. The number of aryl methyl sites for hydroxylation is 1. The van der Waals surface area contributed by atoms with E-state index >= 15 is 0 Å². The van der Waals surface area contributed by atoms with Gasteiger partial charge in [0.05, 0.1) is 4.92 Å². The maximum absolute atomic E-state index is 14.0. The maximum Gasteiger partial charge on any atom is 0.305 e. The van der Waals surface area contributed by atoms with E-state index in [1.807, 2.05) is 6.92 Å². The Hall–Kier alpha value is -1.49. The number of nitrogens with one attached hydrogen (secondary N) is 1. The molecular weight excluding hydrogens is 259 g/mol. The average molecular weight is 282 g/mol. The van der Waals surface area contributed by atoms with E-state index in [4.69, 9.17) is 0 Å². The average Bonchev–Trinajstić information content (AvgIpc) is 2.34. The Kier molecular flexibility index (Phi) is 5.62. The second-order valence-corrected chi connectivity index (χ2v) is 6.02. The number of hydrogen-bond acceptors (Lipinski definition) is 3. The van der Waals surface area contributed by atoms with Crippen molar-refractivity contribution in [3.8, 4) is 0 Å². The molecule has 5 heteroatoms. The van der Waals surface area contributed by atoms with Gasteiger partial charge in [-0.05, 0) is 30.4 Å². The van der Waals surface area contributed by atoms with Gasteiger partial charge in [-0.2, -0.15) is 4.39 Å². The Morgan fingerprint density at radius 1 is 1.40 bits per heavy atom. The molecular formula is C15H23FN2O2. The zero-order chi connectivity index (χ0) is 15.3. The standard InChI is InChI=1S/C15H23FN2O2/c1-5-17-13(15(2,3)4)10-9-11-7-6-8-12(14(11)16)18(19)20/h6-8,13,17H,5,9-10H2,1-4H3. The van der Waals surface area contributed by atoms with Gasteiger partial charge in [-0.1, -0.05) is 39.8 Å². The molecule has 0 amide bonds. The molecule has 4 nitrogen and oxygen atoms in total. The normalized spacial score (nSPS) is 13.2. The summed E-state index contributed by atoms with van der Waals surface area (Å²) in [6.07, 6.45) is 1.23. The molecule has 1 aromatic carbocycles. The third kappa shape index (κ3) is 4.27. The Labute approximate surface area is 119 Å². The fourth-order valence-corrected chi connectivity index (χ4v) is 2.29. The van der Waals surface area contributed by atoms with Gasteiger partial charge in [0.1, 0.15) is 0 Å². The molecule has 0 radical (unpaired) electrons. The zero-order valence-corrected chi connectivity index (χ0v) is 12.6. The number of benzene rings is 1. The summed E-state index contributed by atoms with van der Waals surface area (Å²) in [5, 5.41) is 14.1. The molecule has 0 aromatic heterocycles. The second-order valence-electron chi connectivity index (χ2n) is 6.02. The van der Waals surface area contributed by atoms with E-state index in [2.05, 4.69) is 26.1 Å². The summed E-state index contributed by atoms with van der Waals surface area (Å²) >= 11 is 0. The lowest BCUT2D eigenvalue weighted by Crippen LogP contribution is -2.40. The van der Waals surface area contributed by atoms with Crippen molar-refractivity contribution in [1.82, 2.24) is 5.32 Å². The summed E-state index contributed by atoms with van der Waals surface area (Å²) in [4.78, 5) is 10.1. The van der Waals surface area contributed by atoms with Crippen molar-refractivity contribution in [1.29, 1.82) is 0 Å². The molecule has 0 heterocycles. The van der Waals surface area contributed by atoms with Gasteiger partial charge in [-0.3, -0.25) is 10.1 Å². The lowest BCUT2D eigenvalue weighted by atomic mass is 9.83. The summed E-state index contributed by atoms with van der Waals surface area (Å²) < 4.78 is 14.0. The van der Waals surface area contributed by atoms with E-state index in [1.54, 1.807) is 6.07 Å². The van der Waals surface area contributed by atoms with Crippen LogP contribution in [0.25, 0.3) is 0 Å². The fraction of sp³-hybridized carbons (Fsp3) is 0.600. The van der Waals surface area contributed by atoms with Crippen molar-refractivity contribution in [2.45, 2.75) is 46.6 Å². The van der Waals surface area contributed by atoms with Crippen molar-refractivity contribution in [3.05, 3.63) is 39.7 Å². The summed E-state index contributed by atoms with van der Waals surface area (Å²) in [6.45, 7) is 9.27. The minimum Gasteiger partial charge on any atom is -0.314 e. The zero-order valence-electron chi connectivity index (χ0n) is 12.6. The molecule has 1 unspecified atom stereocenters. The van der Waals surface area contributed by atoms with Gasteiger partial charge in [-0.15, -0.1) is 0 Å². The molecule has 0 fully saturated rings. The number of rotatable bonds is 6. The van der Waals surface area contributed by atoms with Gasteiger partial charge in [0.2, 0.25) is 5.82 Å². The largest absolute Gasteiger partial charge is 0.314 e. The first kappa shape index (κ1) is 16.6. The molecule has 1 atom stereocenters. The topological polar surface area (TPSA) is 55.2 Å². The molecule has 1 N–H and O–H groups in total. The highest BCUT2D eigenvalue weighted by Crippen LogP contribution is 2.26. The first-order valence-corrected chi connectivity index (χ1v) is 6.92. The van der Waals surface area contributed by atoms with E-state index < -0.39 is 16.4 Å². The first-order valence-electron chi connectivity index (χ1n) is 6.92. The minimum absolute atomic E-state index is 0.0627. The second kappa shape index (κ2) is 6.79. The van der Waals surface area contributed by atoms with Crippen molar-refractivity contribution in [2.24, 2.45) is 5.41 Å². The molecule has 1 aromatic rings. The van der Waals surface area contributed by atoms with Gasteiger partial charge in [0.25, 0.3) is 0 Å². The smallest absolute Gasteiger partial charge is 0.305 e. The Balaban J connectivity index is 2.83. The van der Waals surface area contributed by atoms with Gasteiger partial charge in [0.15, 0.2) is 0 Å². The molecule has 112 valence electrons. The molecule has 1 rings (SSSR count). The molecule has 0 aliphatic carbocycles. The molecule has 0 spiro atoms. The van der Waals surface area contributed by atoms with Crippen molar-refractivity contribution < 1.29 is 9.31 Å². The van der Waals surface area contributed by atoms with Crippen LogP contribution in [0.3, 0.4) is 0 Å². The van der Waals surface area contributed by atoms with Crippen LogP contribution in [0.15, 0.2) is 18.2 Å².